The molecule has 4 nitrogen and oxygen atoms in total. The Labute approximate surface area is 128 Å². The van der Waals surface area contributed by atoms with Gasteiger partial charge in [-0.15, -0.1) is 0 Å². The molecular formula is C16H15ClN2O2. The molecule has 0 aliphatic rings. The number of halogens is 1. The third-order valence-electron chi connectivity index (χ3n) is 3.17. The molecule has 0 aliphatic carbocycles. The summed E-state index contributed by atoms with van der Waals surface area (Å²) in [6.07, 6.45) is 0. The van der Waals surface area contributed by atoms with E-state index in [1.54, 1.807) is 43.5 Å². The summed E-state index contributed by atoms with van der Waals surface area (Å²) in [5.74, 6) is 0.749. The molecule has 2 aromatic carbocycles. The number of hydrogen-bond acceptors (Lipinski definition) is 4. The van der Waals surface area contributed by atoms with Crippen LogP contribution in [0.4, 0.5) is 5.69 Å². The van der Waals surface area contributed by atoms with Crippen LogP contribution in [0.3, 0.4) is 0 Å². The molecule has 0 bridgehead atoms. The molecule has 2 aromatic rings. The highest BCUT2D eigenvalue weighted by molar-refractivity contribution is 6.33. The summed E-state index contributed by atoms with van der Waals surface area (Å²) in [5, 5.41) is 22.5. The summed E-state index contributed by atoms with van der Waals surface area (Å²) in [5.41, 5.74) is 1.94. The fraction of sp³-hybridized carbons (Fsp3) is 0.188. The van der Waals surface area contributed by atoms with Crippen molar-refractivity contribution in [3.63, 3.8) is 0 Å². The van der Waals surface area contributed by atoms with Crippen LogP contribution in [0, 0.1) is 11.3 Å². The van der Waals surface area contributed by atoms with Gasteiger partial charge in [0.15, 0.2) is 0 Å². The van der Waals surface area contributed by atoms with Gasteiger partial charge < -0.3 is 15.2 Å². The fourth-order valence-electron chi connectivity index (χ4n) is 2.03. The molecule has 0 fully saturated rings. The van der Waals surface area contributed by atoms with Crippen LogP contribution in [-0.2, 0) is 0 Å². The van der Waals surface area contributed by atoms with Crippen LogP contribution in [0.25, 0.3) is 0 Å². The van der Waals surface area contributed by atoms with Crippen molar-refractivity contribution in [2.24, 2.45) is 0 Å². The number of nitrogens with zero attached hydrogens (tertiary/aromatic N) is 1. The lowest BCUT2D eigenvalue weighted by Gasteiger charge is -2.18. The maximum atomic E-state index is 10.0. The number of nitrogens with one attached hydrogen (secondary N) is 1. The molecule has 1 atom stereocenters. The van der Waals surface area contributed by atoms with E-state index in [9.17, 15) is 5.11 Å². The summed E-state index contributed by atoms with van der Waals surface area (Å²) in [6.45, 7) is 1.91. The second kappa shape index (κ2) is 6.38. The number of nitriles is 1. The molecular weight excluding hydrogens is 288 g/mol. The molecule has 21 heavy (non-hydrogen) atoms. The number of aromatic hydroxyl groups is 1. The zero-order chi connectivity index (χ0) is 15.4. The number of phenols is 1. The lowest BCUT2D eigenvalue weighted by molar-refractivity contribution is 0.406. The van der Waals surface area contributed by atoms with E-state index in [4.69, 9.17) is 21.6 Å². The third kappa shape index (κ3) is 3.39. The predicted octanol–water partition coefficient (Wildman–Crippen LogP) is 4.10. The van der Waals surface area contributed by atoms with Crippen LogP contribution in [0.1, 0.15) is 24.1 Å². The van der Waals surface area contributed by atoms with Crippen LogP contribution in [0.15, 0.2) is 36.4 Å². The smallest absolute Gasteiger partial charge is 0.124 e. The van der Waals surface area contributed by atoms with Gasteiger partial charge in [-0.2, -0.15) is 5.26 Å². The van der Waals surface area contributed by atoms with Crippen molar-refractivity contribution in [2.45, 2.75) is 13.0 Å². The summed E-state index contributed by atoms with van der Waals surface area (Å²) < 4.78 is 5.06. The van der Waals surface area contributed by atoms with Gasteiger partial charge in [0.2, 0.25) is 0 Å². The molecule has 108 valence electrons. The maximum Gasteiger partial charge on any atom is 0.124 e. The number of hydrogen-bond donors (Lipinski definition) is 2. The Morgan fingerprint density at radius 2 is 2.05 bits per heavy atom. The molecule has 2 N–H and O–H groups in total. The molecule has 0 spiro atoms. The zero-order valence-electron chi connectivity index (χ0n) is 11.7. The van der Waals surface area contributed by atoms with Crippen molar-refractivity contribution in [2.75, 3.05) is 12.4 Å². The van der Waals surface area contributed by atoms with Crippen LogP contribution in [0.2, 0.25) is 5.02 Å². The second-order valence-electron chi connectivity index (χ2n) is 4.60. The molecule has 2 rings (SSSR count). The molecule has 0 saturated carbocycles. The first-order valence-electron chi connectivity index (χ1n) is 6.38. The summed E-state index contributed by atoms with van der Waals surface area (Å²) in [7, 11) is 1.55. The Morgan fingerprint density at radius 3 is 2.62 bits per heavy atom. The maximum absolute atomic E-state index is 10.0. The van der Waals surface area contributed by atoms with E-state index in [0.29, 0.717) is 22.0 Å². The second-order valence-corrected chi connectivity index (χ2v) is 5.00. The van der Waals surface area contributed by atoms with Crippen molar-refractivity contribution in [3.8, 4) is 17.6 Å². The summed E-state index contributed by atoms with van der Waals surface area (Å²) in [6, 6.07) is 12.1. The van der Waals surface area contributed by atoms with E-state index in [1.165, 1.54) is 0 Å². The van der Waals surface area contributed by atoms with Gasteiger partial charge in [0.1, 0.15) is 11.5 Å². The standard InChI is InChI=1S/C16H15ClN2O2/c1-10(13-5-4-12(21-2)8-16(13)20)19-15-6-3-11(9-18)7-14(15)17/h3-8,10,19-20H,1-2H3. The van der Waals surface area contributed by atoms with E-state index in [2.05, 4.69) is 5.32 Å². The Hall–Kier alpha value is -2.38. The number of benzene rings is 2. The summed E-state index contributed by atoms with van der Waals surface area (Å²) in [4.78, 5) is 0. The molecule has 0 aliphatic heterocycles. The first kappa shape index (κ1) is 15.0. The highest BCUT2D eigenvalue weighted by atomic mass is 35.5. The van der Waals surface area contributed by atoms with Gasteiger partial charge in [0, 0.05) is 11.6 Å². The monoisotopic (exact) mass is 302 g/mol. The molecule has 0 radical (unpaired) electrons. The van der Waals surface area contributed by atoms with Crippen molar-refractivity contribution in [1.82, 2.24) is 0 Å². The number of ether oxygens (including phenoxy) is 1. The van der Waals surface area contributed by atoms with Gasteiger partial charge in [0.25, 0.3) is 0 Å². The van der Waals surface area contributed by atoms with Crippen molar-refractivity contribution >= 4 is 17.3 Å². The largest absolute Gasteiger partial charge is 0.507 e. The van der Waals surface area contributed by atoms with Gasteiger partial charge in [-0.1, -0.05) is 11.6 Å². The highest BCUT2D eigenvalue weighted by Gasteiger charge is 2.13. The minimum atomic E-state index is -0.152. The molecule has 0 amide bonds. The van der Waals surface area contributed by atoms with Crippen LogP contribution < -0.4 is 10.1 Å². The molecule has 1 unspecified atom stereocenters. The van der Waals surface area contributed by atoms with Gasteiger partial charge in [-0.3, -0.25) is 0 Å². The summed E-state index contributed by atoms with van der Waals surface area (Å²) >= 11 is 6.13. The van der Waals surface area contributed by atoms with Gasteiger partial charge in [-0.05, 0) is 37.3 Å². The van der Waals surface area contributed by atoms with E-state index >= 15 is 0 Å². The minimum Gasteiger partial charge on any atom is -0.507 e. The number of phenolic OH excluding ortho intramolecular Hbond substituents is 1. The number of anilines is 1. The molecule has 0 heterocycles. The molecule has 0 saturated heterocycles. The van der Waals surface area contributed by atoms with Gasteiger partial charge in [0.05, 0.1) is 35.5 Å². The Balaban J connectivity index is 2.22. The van der Waals surface area contributed by atoms with Gasteiger partial charge >= 0.3 is 0 Å². The van der Waals surface area contributed by atoms with E-state index in [1.807, 2.05) is 13.0 Å². The Bertz CT molecular complexity index is 695. The van der Waals surface area contributed by atoms with Crippen LogP contribution in [-0.4, -0.2) is 12.2 Å². The first-order valence-corrected chi connectivity index (χ1v) is 6.76. The lowest BCUT2D eigenvalue weighted by atomic mass is 10.1. The SMILES string of the molecule is COc1ccc(C(C)Nc2ccc(C#N)cc2Cl)c(O)c1. The quantitative estimate of drug-likeness (QED) is 0.892. The van der Waals surface area contributed by atoms with Crippen molar-refractivity contribution < 1.29 is 9.84 Å². The van der Waals surface area contributed by atoms with E-state index < -0.39 is 0 Å². The predicted molar refractivity (Wildman–Crippen MR) is 82.9 cm³/mol. The Kier molecular flexibility index (Phi) is 4.56. The van der Waals surface area contributed by atoms with Gasteiger partial charge in [-0.25, -0.2) is 0 Å². The minimum absolute atomic E-state index is 0.152. The molecule has 5 heteroatoms. The Morgan fingerprint density at radius 1 is 1.29 bits per heavy atom. The number of rotatable bonds is 4. The lowest BCUT2D eigenvalue weighted by Crippen LogP contribution is -2.07. The van der Waals surface area contributed by atoms with Crippen molar-refractivity contribution in [3.05, 3.63) is 52.5 Å². The topological polar surface area (TPSA) is 65.3 Å². The number of methoxy groups -OCH3 is 1. The zero-order valence-corrected chi connectivity index (χ0v) is 12.5. The third-order valence-corrected chi connectivity index (χ3v) is 3.49. The van der Waals surface area contributed by atoms with Crippen LogP contribution in [0.5, 0.6) is 11.5 Å². The highest BCUT2D eigenvalue weighted by Crippen LogP contribution is 2.32. The van der Waals surface area contributed by atoms with Crippen molar-refractivity contribution in [1.29, 1.82) is 5.26 Å². The average Bonchev–Trinajstić information content (AvgIpc) is 2.48. The van der Waals surface area contributed by atoms with E-state index in [-0.39, 0.29) is 11.8 Å². The van der Waals surface area contributed by atoms with Crippen LogP contribution >= 0.6 is 11.6 Å². The molecule has 0 aromatic heterocycles. The average molecular weight is 303 g/mol. The fourth-order valence-corrected chi connectivity index (χ4v) is 2.26. The first-order chi connectivity index (χ1) is 10.0. The van der Waals surface area contributed by atoms with E-state index in [0.717, 1.165) is 5.56 Å². The normalized spacial score (nSPS) is 11.5.